The molecule has 0 amide bonds. The van der Waals surface area contributed by atoms with E-state index in [0.717, 1.165) is 82.8 Å². The molecule has 11 aromatic rings. The first-order valence-electron chi connectivity index (χ1n) is 18.3. The molecule has 5 heteroatoms. The molecule has 5 nitrogen and oxygen atoms in total. The number of fused-ring (bicyclic) bond motifs is 9. The lowest BCUT2D eigenvalue weighted by molar-refractivity contribution is 1.13. The summed E-state index contributed by atoms with van der Waals surface area (Å²) in [7, 11) is 0. The number of nitrogens with zero attached hydrogens (tertiary/aromatic N) is 5. The van der Waals surface area contributed by atoms with Crippen LogP contribution in [0.4, 0.5) is 0 Å². The van der Waals surface area contributed by atoms with Crippen molar-refractivity contribution >= 4 is 65.4 Å². The van der Waals surface area contributed by atoms with Crippen molar-refractivity contribution in [2.75, 3.05) is 0 Å². The lowest BCUT2D eigenvalue weighted by Gasteiger charge is -2.18. The van der Waals surface area contributed by atoms with E-state index in [9.17, 15) is 10.5 Å². The van der Waals surface area contributed by atoms with Crippen molar-refractivity contribution in [3.8, 4) is 40.3 Å². The van der Waals surface area contributed by atoms with Gasteiger partial charge in [0, 0.05) is 43.6 Å². The highest BCUT2D eigenvalue weighted by molar-refractivity contribution is 6.15. The van der Waals surface area contributed by atoms with E-state index in [-0.39, 0.29) is 0 Å². The minimum absolute atomic E-state index is 0.598. The average molecular weight is 700 g/mol. The maximum atomic E-state index is 10.7. The molecule has 0 spiro atoms. The van der Waals surface area contributed by atoms with Crippen LogP contribution in [-0.2, 0) is 0 Å². The van der Waals surface area contributed by atoms with Crippen molar-refractivity contribution in [2.45, 2.75) is 0 Å². The molecule has 0 unspecified atom stereocenters. The number of para-hydroxylation sites is 5. The van der Waals surface area contributed by atoms with Crippen LogP contribution in [0.15, 0.2) is 176 Å². The number of hydrogen-bond acceptors (Lipinski definition) is 2. The molecule has 55 heavy (non-hydrogen) atoms. The normalized spacial score (nSPS) is 11.6. The van der Waals surface area contributed by atoms with Crippen molar-refractivity contribution in [1.82, 2.24) is 13.7 Å². The van der Waals surface area contributed by atoms with Gasteiger partial charge in [0.25, 0.3) is 0 Å². The molecule has 0 N–H and O–H groups in total. The largest absolute Gasteiger partial charge is 0.309 e. The van der Waals surface area contributed by atoms with Gasteiger partial charge >= 0.3 is 0 Å². The number of aromatic nitrogens is 3. The quantitative estimate of drug-likeness (QED) is 0.184. The summed E-state index contributed by atoms with van der Waals surface area (Å²) in [6.45, 7) is 0. The Morgan fingerprint density at radius 3 is 1.49 bits per heavy atom. The van der Waals surface area contributed by atoms with Crippen molar-refractivity contribution in [2.24, 2.45) is 0 Å². The highest BCUT2D eigenvalue weighted by Crippen LogP contribution is 2.42. The van der Waals surface area contributed by atoms with E-state index in [1.54, 1.807) is 0 Å². The summed E-state index contributed by atoms with van der Waals surface area (Å²) >= 11 is 0. The highest BCUT2D eigenvalue weighted by Gasteiger charge is 2.23. The highest BCUT2D eigenvalue weighted by atomic mass is 15.1. The fourth-order valence-electron chi connectivity index (χ4n) is 8.83. The van der Waals surface area contributed by atoms with Gasteiger partial charge < -0.3 is 13.7 Å². The van der Waals surface area contributed by atoms with E-state index in [0.29, 0.717) is 11.1 Å². The van der Waals surface area contributed by atoms with Crippen molar-refractivity contribution in [3.05, 3.63) is 187 Å². The van der Waals surface area contributed by atoms with Gasteiger partial charge in [-0.3, -0.25) is 0 Å². The molecule has 3 aromatic heterocycles. The van der Waals surface area contributed by atoms with Gasteiger partial charge in [0.05, 0.1) is 67.7 Å². The molecule has 0 fully saturated rings. The SMILES string of the molecule is N#Cc1ccc2c3ccccc3n(-c3ccc(-c4c(C#N)cccc4-n4c5ccccc5c5cccc(-n6c7ccccc7c7ccccc76)c54)cc3)c2c1. The van der Waals surface area contributed by atoms with Crippen LogP contribution in [0.25, 0.3) is 93.6 Å². The topological polar surface area (TPSA) is 62.4 Å². The second kappa shape index (κ2) is 11.8. The van der Waals surface area contributed by atoms with Crippen LogP contribution in [0.3, 0.4) is 0 Å². The minimum Gasteiger partial charge on any atom is -0.309 e. The molecule has 254 valence electrons. The van der Waals surface area contributed by atoms with Gasteiger partial charge in [-0.2, -0.15) is 10.5 Å². The van der Waals surface area contributed by atoms with Crippen LogP contribution in [0.2, 0.25) is 0 Å². The van der Waals surface area contributed by atoms with E-state index in [1.807, 2.05) is 36.4 Å². The number of nitriles is 2. The summed E-state index contributed by atoms with van der Waals surface area (Å²) < 4.78 is 6.95. The Hall–Kier alpha value is -7.86. The van der Waals surface area contributed by atoms with Crippen LogP contribution in [0.1, 0.15) is 11.1 Å². The Morgan fingerprint density at radius 2 is 0.873 bits per heavy atom. The molecule has 0 saturated carbocycles. The fourth-order valence-corrected chi connectivity index (χ4v) is 8.83. The second-order valence-electron chi connectivity index (χ2n) is 14.0. The van der Waals surface area contributed by atoms with Gasteiger partial charge in [0.2, 0.25) is 0 Å². The van der Waals surface area contributed by atoms with Gasteiger partial charge in [-0.05, 0) is 72.3 Å². The first kappa shape index (κ1) is 30.7. The minimum atomic E-state index is 0.598. The Bertz CT molecular complexity index is 3400. The summed E-state index contributed by atoms with van der Waals surface area (Å²) in [4.78, 5) is 0. The van der Waals surface area contributed by atoms with E-state index in [1.165, 1.54) is 10.8 Å². The molecule has 0 aliphatic heterocycles. The first-order chi connectivity index (χ1) is 27.2. The van der Waals surface area contributed by atoms with E-state index >= 15 is 0 Å². The van der Waals surface area contributed by atoms with Crippen molar-refractivity contribution in [3.63, 3.8) is 0 Å². The fraction of sp³-hybridized carbons (Fsp3) is 0. The molecular weight excluding hydrogens is 671 g/mol. The summed E-state index contributed by atoms with van der Waals surface area (Å²) in [5.74, 6) is 0. The van der Waals surface area contributed by atoms with Crippen LogP contribution in [-0.4, -0.2) is 13.7 Å². The average Bonchev–Trinajstić information content (AvgIpc) is 3.89. The number of hydrogen-bond donors (Lipinski definition) is 0. The van der Waals surface area contributed by atoms with Crippen LogP contribution >= 0.6 is 0 Å². The lowest BCUT2D eigenvalue weighted by Crippen LogP contribution is -2.03. The summed E-state index contributed by atoms with van der Waals surface area (Å²) in [5, 5.41) is 27.4. The predicted octanol–water partition coefficient (Wildman–Crippen LogP) is 12.4. The van der Waals surface area contributed by atoms with Gasteiger partial charge in [-0.15, -0.1) is 0 Å². The molecule has 0 atom stereocenters. The van der Waals surface area contributed by atoms with E-state index < -0.39 is 0 Å². The van der Waals surface area contributed by atoms with Crippen molar-refractivity contribution < 1.29 is 0 Å². The maximum Gasteiger partial charge on any atom is 0.0998 e. The van der Waals surface area contributed by atoms with Gasteiger partial charge in [0.1, 0.15) is 0 Å². The third-order valence-corrected chi connectivity index (χ3v) is 11.1. The molecule has 8 aromatic carbocycles. The predicted molar refractivity (Wildman–Crippen MR) is 224 cm³/mol. The van der Waals surface area contributed by atoms with Crippen LogP contribution < -0.4 is 0 Å². The summed E-state index contributed by atoms with van der Waals surface area (Å²) in [6, 6.07) is 65.9. The zero-order valence-corrected chi connectivity index (χ0v) is 29.5. The molecule has 0 bridgehead atoms. The molecule has 0 saturated heterocycles. The van der Waals surface area contributed by atoms with Gasteiger partial charge in [-0.25, -0.2) is 0 Å². The summed E-state index contributed by atoms with van der Waals surface area (Å²) in [6.07, 6.45) is 0. The lowest BCUT2D eigenvalue weighted by atomic mass is 9.97. The smallest absolute Gasteiger partial charge is 0.0998 e. The van der Waals surface area contributed by atoms with E-state index in [2.05, 4.69) is 165 Å². The van der Waals surface area contributed by atoms with Crippen LogP contribution in [0, 0.1) is 22.7 Å². The molecule has 0 aliphatic rings. The van der Waals surface area contributed by atoms with Crippen molar-refractivity contribution in [1.29, 1.82) is 10.5 Å². The third-order valence-electron chi connectivity index (χ3n) is 11.1. The Balaban J connectivity index is 1.18. The third kappa shape index (κ3) is 4.39. The molecule has 0 radical (unpaired) electrons. The Morgan fingerprint density at radius 1 is 0.364 bits per heavy atom. The first-order valence-corrected chi connectivity index (χ1v) is 18.3. The number of benzene rings is 8. The van der Waals surface area contributed by atoms with Crippen LogP contribution in [0.5, 0.6) is 0 Å². The zero-order chi connectivity index (χ0) is 36.6. The van der Waals surface area contributed by atoms with E-state index in [4.69, 9.17) is 0 Å². The zero-order valence-electron chi connectivity index (χ0n) is 29.5. The standard InChI is InChI=1S/C50H29N5/c51-30-32-23-28-40-38-14-1-5-17-42(38)53(48(40)29-32)35-26-24-33(25-27-35)49-34(31-52)11-9-21-46(49)55-45-20-8-4-15-39(45)41-16-10-22-47(50(41)55)54-43-18-6-2-12-36(43)37-13-3-7-19-44(37)54/h1-29H. The van der Waals surface area contributed by atoms with Gasteiger partial charge in [0.15, 0.2) is 0 Å². The second-order valence-corrected chi connectivity index (χ2v) is 14.0. The van der Waals surface area contributed by atoms with Gasteiger partial charge in [-0.1, -0.05) is 109 Å². The number of rotatable bonds is 4. The summed E-state index contributed by atoms with van der Waals surface area (Å²) in [5.41, 5.74) is 12.5. The Kier molecular flexibility index (Phi) is 6.61. The monoisotopic (exact) mass is 699 g/mol. The molecule has 0 aliphatic carbocycles. The molecule has 3 heterocycles. The molecule has 11 rings (SSSR count). The maximum absolute atomic E-state index is 10.7. The molecular formula is C50H29N5. The Labute approximate surface area is 316 Å².